The summed E-state index contributed by atoms with van der Waals surface area (Å²) in [5.41, 5.74) is 0.749. The summed E-state index contributed by atoms with van der Waals surface area (Å²) < 4.78 is 7.31. The Kier molecular flexibility index (Phi) is 4.72. The van der Waals surface area contributed by atoms with E-state index in [0.717, 1.165) is 30.8 Å². The molecule has 0 atom stereocenters. The Morgan fingerprint density at radius 1 is 1.17 bits per heavy atom. The molecule has 0 aliphatic rings. The van der Waals surface area contributed by atoms with Crippen LogP contribution in [0, 0.1) is 0 Å². The molecule has 18 heavy (non-hydrogen) atoms. The molecule has 0 unspecified atom stereocenters. The van der Waals surface area contributed by atoms with Crippen molar-refractivity contribution in [3.8, 4) is 5.75 Å². The Bertz CT molecular complexity index is 456. The van der Waals surface area contributed by atoms with Crippen LogP contribution in [0.4, 0.5) is 0 Å². The zero-order valence-corrected chi connectivity index (χ0v) is 10.2. The number of aliphatic hydroxyl groups excluding tert-OH is 1. The number of aliphatic hydroxyl groups is 1. The van der Waals surface area contributed by atoms with Crippen molar-refractivity contribution in [2.75, 3.05) is 6.61 Å². The van der Waals surface area contributed by atoms with Crippen LogP contribution in [0.5, 0.6) is 5.75 Å². The maximum atomic E-state index is 9.03. The van der Waals surface area contributed by atoms with Crippen LogP contribution in [0.1, 0.15) is 18.5 Å². The Morgan fingerprint density at radius 3 is 2.78 bits per heavy atom. The number of aryl methyl sites for hydroxylation is 1. The van der Waals surface area contributed by atoms with Gasteiger partial charge in [0.1, 0.15) is 5.75 Å². The zero-order valence-electron chi connectivity index (χ0n) is 10.2. The lowest BCUT2D eigenvalue weighted by Gasteiger charge is -2.06. The molecule has 0 aliphatic heterocycles. The van der Waals surface area contributed by atoms with Crippen LogP contribution < -0.4 is 4.74 Å². The van der Waals surface area contributed by atoms with Gasteiger partial charge in [0.05, 0.1) is 25.1 Å². The summed E-state index contributed by atoms with van der Waals surface area (Å²) in [5, 5.41) is 16.7. The van der Waals surface area contributed by atoms with Crippen LogP contribution >= 0.6 is 0 Å². The second-order valence-electron chi connectivity index (χ2n) is 3.98. The fourth-order valence-corrected chi connectivity index (χ4v) is 1.66. The maximum absolute atomic E-state index is 9.03. The molecule has 0 fully saturated rings. The quantitative estimate of drug-likeness (QED) is 0.755. The fourth-order valence-electron chi connectivity index (χ4n) is 1.66. The van der Waals surface area contributed by atoms with Gasteiger partial charge in [-0.15, -0.1) is 5.10 Å². The van der Waals surface area contributed by atoms with E-state index in [1.807, 2.05) is 30.3 Å². The van der Waals surface area contributed by atoms with Crippen molar-refractivity contribution in [3.05, 3.63) is 42.2 Å². The van der Waals surface area contributed by atoms with Crippen molar-refractivity contribution < 1.29 is 9.84 Å². The van der Waals surface area contributed by atoms with E-state index in [0.29, 0.717) is 6.61 Å². The fraction of sp³-hybridized carbons (Fsp3) is 0.385. The molecule has 2 rings (SSSR count). The van der Waals surface area contributed by atoms with E-state index in [2.05, 4.69) is 10.3 Å². The number of nitrogens with zero attached hydrogens (tertiary/aromatic N) is 3. The third-order valence-corrected chi connectivity index (χ3v) is 2.64. The number of aromatic nitrogens is 3. The molecule has 1 aromatic carbocycles. The molecular formula is C13H17N3O2. The van der Waals surface area contributed by atoms with Gasteiger partial charge in [0.25, 0.3) is 0 Å². The number of para-hydroxylation sites is 1. The molecule has 0 amide bonds. The third kappa shape index (κ3) is 3.56. The van der Waals surface area contributed by atoms with Crippen molar-refractivity contribution in [2.45, 2.75) is 26.0 Å². The smallest absolute Gasteiger partial charge is 0.119 e. The highest BCUT2D eigenvalue weighted by atomic mass is 16.5. The van der Waals surface area contributed by atoms with Crippen molar-refractivity contribution >= 4 is 0 Å². The summed E-state index contributed by atoms with van der Waals surface area (Å²) in [7, 11) is 0. The number of benzene rings is 1. The summed E-state index contributed by atoms with van der Waals surface area (Å²) in [6.07, 6.45) is 3.48. The van der Waals surface area contributed by atoms with E-state index in [4.69, 9.17) is 9.84 Å². The van der Waals surface area contributed by atoms with Gasteiger partial charge in [-0.1, -0.05) is 23.4 Å². The summed E-state index contributed by atoms with van der Waals surface area (Å²) in [6.45, 7) is 1.43. The Labute approximate surface area is 106 Å². The highest BCUT2D eigenvalue weighted by molar-refractivity contribution is 5.20. The molecule has 0 saturated carbocycles. The third-order valence-electron chi connectivity index (χ3n) is 2.64. The molecule has 96 valence electrons. The number of unbranched alkanes of at least 4 members (excludes halogenated alkanes) is 1. The minimum Gasteiger partial charge on any atom is -0.494 e. The average molecular weight is 247 g/mol. The Morgan fingerprint density at radius 2 is 2.00 bits per heavy atom. The first kappa shape index (κ1) is 12.6. The van der Waals surface area contributed by atoms with E-state index in [1.54, 1.807) is 10.9 Å². The van der Waals surface area contributed by atoms with Crippen LogP contribution in [0.25, 0.3) is 0 Å². The first-order valence-electron chi connectivity index (χ1n) is 6.06. The Balaban J connectivity index is 1.65. The zero-order chi connectivity index (χ0) is 12.6. The summed E-state index contributed by atoms with van der Waals surface area (Å²) in [6, 6.07) is 9.77. The molecule has 0 radical (unpaired) electrons. The van der Waals surface area contributed by atoms with Crippen LogP contribution in [-0.2, 0) is 13.2 Å². The van der Waals surface area contributed by atoms with Crippen LogP contribution in [0.2, 0.25) is 0 Å². The first-order valence-corrected chi connectivity index (χ1v) is 6.06. The van der Waals surface area contributed by atoms with E-state index in [-0.39, 0.29) is 6.61 Å². The average Bonchev–Trinajstić information content (AvgIpc) is 2.87. The van der Waals surface area contributed by atoms with Gasteiger partial charge in [0, 0.05) is 6.54 Å². The van der Waals surface area contributed by atoms with Crippen molar-refractivity contribution in [3.63, 3.8) is 0 Å². The number of hydrogen-bond acceptors (Lipinski definition) is 4. The molecule has 1 heterocycles. The lowest BCUT2D eigenvalue weighted by atomic mass is 10.3. The SMILES string of the molecule is OCc1cnnn1CCCCOc1ccccc1. The highest BCUT2D eigenvalue weighted by Gasteiger charge is 2.01. The van der Waals surface area contributed by atoms with Gasteiger partial charge in [-0.25, -0.2) is 4.68 Å². The number of ether oxygens (including phenoxy) is 1. The number of rotatable bonds is 7. The normalized spacial score (nSPS) is 10.5. The molecular weight excluding hydrogens is 230 g/mol. The van der Waals surface area contributed by atoms with Gasteiger partial charge in [-0.2, -0.15) is 0 Å². The lowest BCUT2D eigenvalue weighted by molar-refractivity contribution is 0.264. The van der Waals surface area contributed by atoms with Gasteiger partial charge < -0.3 is 9.84 Å². The molecule has 0 saturated heterocycles. The van der Waals surface area contributed by atoms with E-state index in [1.165, 1.54) is 0 Å². The Hall–Kier alpha value is -1.88. The van der Waals surface area contributed by atoms with E-state index >= 15 is 0 Å². The minimum absolute atomic E-state index is 0.0203. The van der Waals surface area contributed by atoms with Crippen LogP contribution in [-0.4, -0.2) is 26.7 Å². The van der Waals surface area contributed by atoms with Crippen LogP contribution in [0.15, 0.2) is 36.5 Å². The minimum atomic E-state index is -0.0203. The van der Waals surface area contributed by atoms with E-state index < -0.39 is 0 Å². The van der Waals surface area contributed by atoms with Gasteiger partial charge in [0.2, 0.25) is 0 Å². The molecule has 5 heteroatoms. The van der Waals surface area contributed by atoms with Crippen molar-refractivity contribution in [1.29, 1.82) is 0 Å². The predicted molar refractivity (Wildman–Crippen MR) is 67.1 cm³/mol. The second kappa shape index (κ2) is 6.76. The molecule has 2 aromatic rings. The molecule has 1 aromatic heterocycles. The van der Waals surface area contributed by atoms with Gasteiger partial charge in [0.15, 0.2) is 0 Å². The second-order valence-corrected chi connectivity index (χ2v) is 3.98. The molecule has 0 aliphatic carbocycles. The van der Waals surface area contributed by atoms with Crippen molar-refractivity contribution in [1.82, 2.24) is 15.0 Å². The van der Waals surface area contributed by atoms with E-state index in [9.17, 15) is 0 Å². The predicted octanol–water partition coefficient (Wildman–Crippen LogP) is 1.63. The maximum Gasteiger partial charge on any atom is 0.119 e. The summed E-state index contributed by atoms with van der Waals surface area (Å²) in [5.74, 6) is 0.898. The van der Waals surface area contributed by atoms with Gasteiger partial charge in [-0.3, -0.25) is 0 Å². The molecule has 1 N–H and O–H groups in total. The lowest BCUT2D eigenvalue weighted by Crippen LogP contribution is -2.07. The topological polar surface area (TPSA) is 60.2 Å². The first-order chi connectivity index (χ1) is 8.90. The van der Waals surface area contributed by atoms with Crippen molar-refractivity contribution in [2.24, 2.45) is 0 Å². The van der Waals surface area contributed by atoms with Gasteiger partial charge in [-0.05, 0) is 25.0 Å². The largest absolute Gasteiger partial charge is 0.494 e. The molecule has 0 spiro atoms. The molecule has 5 nitrogen and oxygen atoms in total. The highest BCUT2D eigenvalue weighted by Crippen LogP contribution is 2.09. The number of hydrogen-bond donors (Lipinski definition) is 1. The summed E-state index contributed by atoms with van der Waals surface area (Å²) >= 11 is 0. The standard InChI is InChI=1S/C13H17N3O2/c17-11-12-10-14-15-16(12)8-4-5-9-18-13-6-2-1-3-7-13/h1-3,6-7,10,17H,4-5,8-9,11H2. The summed E-state index contributed by atoms with van der Waals surface area (Å²) in [4.78, 5) is 0. The van der Waals surface area contributed by atoms with Crippen LogP contribution in [0.3, 0.4) is 0 Å². The molecule has 0 bridgehead atoms. The monoisotopic (exact) mass is 247 g/mol. The van der Waals surface area contributed by atoms with Gasteiger partial charge >= 0.3 is 0 Å².